The smallest absolute Gasteiger partial charge is 0.257 e. The van der Waals surface area contributed by atoms with Crippen LogP contribution in [0, 0.1) is 13.8 Å². The molecule has 0 spiro atoms. The zero-order chi connectivity index (χ0) is 23.2. The van der Waals surface area contributed by atoms with E-state index in [1.54, 1.807) is 0 Å². The van der Waals surface area contributed by atoms with Gasteiger partial charge in [-0.3, -0.25) is 25.2 Å². The first-order chi connectivity index (χ1) is 14.5. The maximum absolute atomic E-state index is 12.6. The third kappa shape index (κ3) is 6.63. The van der Waals surface area contributed by atoms with Gasteiger partial charge in [0.25, 0.3) is 11.8 Å². The molecular weight excluding hydrogens is 420 g/mol. The minimum Gasteiger partial charge on any atom is -0.376 e. The van der Waals surface area contributed by atoms with Crippen LogP contribution < -0.4 is 16.2 Å². The molecule has 0 unspecified atom stereocenters. The summed E-state index contributed by atoms with van der Waals surface area (Å²) in [6.07, 6.45) is 0. The van der Waals surface area contributed by atoms with Crippen LogP contribution in [-0.2, 0) is 19.6 Å². The Morgan fingerprint density at radius 3 is 2.13 bits per heavy atom. The third-order valence-electron chi connectivity index (χ3n) is 4.50. The van der Waals surface area contributed by atoms with Crippen LogP contribution in [0.25, 0.3) is 0 Å². The van der Waals surface area contributed by atoms with Gasteiger partial charge in [0.05, 0.1) is 18.0 Å². The summed E-state index contributed by atoms with van der Waals surface area (Å²) in [6, 6.07) is 11.2. The molecule has 0 fully saturated rings. The predicted octanol–water partition coefficient (Wildman–Crippen LogP) is 1.39. The van der Waals surface area contributed by atoms with E-state index in [2.05, 4.69) is 16.2 Å². The van der Waals surface area contributed by atoms with E-state index in [-0.39, 0.29) is 17.2 Å². The SMILES string of the molecule is CC(=O)c1ccc(S(=O)(=O)N(C)CC(=O)NNC(=O)CNc2ccc(C)cc2C)cc1. The fourth-order valence-corrected chi connectivity index (χ4v) is 3.87. The summed E-state index contributed by atoms with van der Waals surface area (Å²) in [5.74, 6) is -1.37. The molecule has 0 aliphatic heterocycles. The van der Waals surface area contributed by atoms with E-state index in [0.717, 1.165) is 21.1 Å². The number of ketones is 1. The Morgan fingerprint density at radius 2 is 1.55 bits per heavy atom. The molecule has 0 radical (unpaired) electrons. The first-order valence-electron chi connectivity index (χ1n) is 9.47. The second-order valence-electron chi connectivity index (χ2n) is 7.11. The average Bonchev–Trinajstić information content (AvgIpc) is 2.71. The molecule has 166 valence electrons. The topological polar surface area (TPSA) is 125 Å². The Kier molecular flexibility index (Phi) is 7.89. The highest BCUT2D eigenvalue weighted by Gasteiger charge is 2.23. The molecule has 0 bridgehead atoms. The third-order valence-corrected chi connectivity index (χ3v) is 6.32. The number of hydrazine groups is 1. The number of anilines is 1. The number of carbonyl (C=O) groups is 3. The summed E-state index contributed by atoms with van der Waals surface area (Å²) in [5, 5.41) is 2.97. The number of Topliss-reactive ketones (excluding diaryl/α,β-unsaturated/α-hetero) is 1. The van der Waals surface area contributed by atoms with E-state index < -0.39 is 28.4 Å². The Balaban J connectivity index is 1.85. The maximum Gasteiger partial charge on any atom is 0.257 e. The van der Waals surface area contributed by atoms with Gasteiger partial charge in [-0.2, -0.15) is 4.31 Å². The van der Waals surface area contributed by atoms with Crippen molar-refractivity contribution in [3.8, 4) is 0 Å². The normalized spacial score (nSPS) is 11.1. The highest BCUT2D eigenvalue weighted by Crippen LogP contribution is 2.16. The molecule has 2 rings (SSSR count). The van der Waals surface area contributed by atoms with Crippen molar-refractivity contribution in [3.05, 3.63) is 59.2 Å². The van der Waals surface area contributed by atoms with Gasteiger partial charge in [0, 0.05) is 18.3 Å². The molecular formula is C21H26N4O5S. The van der Waals surface area contributed by atoms with Crippen molar-refractivity contribution >= 4 is 33.3 Å². The molecule has 2 aromatic rings. The summed E-state index contributed by atoms with van der Waals surface area (Å²) in [4.78, 5) is 35.3. The lowest BCUT2D eigenvalue weighted by Crippen LogP contribution is -2.48. The highest BCUT2D eigenvalue weighted by atomic mass is 32.2. The summed E-state index contributed by atoms with van der Waals surface area (Å²) >= 11 is 0. The van der Waals surface area contributed by atoms with Crippen LogP contribution in [0.3, 0.4) is 0 Å². The van der Waals surface area contributed by atoms with Gasteiger partial charge in [-0.1, -0.05) is 29.8 Å². The molecule has 0 heterocycles. The van der Waals surface area contributed by atoms with Crippen molar-refractivity contribution in [3.63, 3.8) is 0 Å². The molecule has 10 heteroatoms. The second kappa shape index (κ2) is 10.2. The van der Waals surface area contributed by atoms with Crippen LogP contribution in [0.2, 0.25) is 0 Å². The molecule has 9 nitrogen and oxygen atoms in total. The number of amides is 2. The summed E-state index contributed by atoms with van der Waals surface area (Å²) in [5.41, 5.74) is 7.71. The number of benzene rings is 2. The Hall–Kier alpha value is -3.24. The molecule has 0 saturated heterocycles. The minimum atomic E-state index is -3.93. The zero-order valence-corrected chi connectivity index (χ0v) is 18.7. The van der Waals surface area contributed by atoms with E-state index in [9.17, 15) is 22.8 Å². The first-order valence-corrected chi connectivity index (χ1v) is 10.9. The minimum absolute atomic E-state index is 0.0468. The van der Waals surface area contributed by atoms with Gasteiger partial charge in [-0.25, -0.2) is 8.42 Å². The van der Waals surface area contributed by atoms with Crippen molar-refractivity contribution in [1.82, 2.24) is 15.2 Å². The van der Waals surface area contributed by atoms with Gasteiger partial charge in [0.15, 0.2) is 5.78 Å². The van der Waals surface area contributed by atoms with Crippen LogP contribution >= 0.6 is 0 Å². The Bertz CT molecular complexity index is 1080. The molecule has 0 aromatic heterocycles. The van der Waals surface area contributed by atoms with E-state index in [4.69, 9.17) is 0 Å². The van der Waals surface area contributed by atoms with Gasteiger partial charge in [-0.05, 0) is 44.5 Å². The van der Waals surface area contributed by atoms with Crippen LogP contribution in [0.5, 0.6) is 0 Å². The molecule has 3 N–H and O–H groups in total. The van der Waals surface area contributed by atoms with Crippen LogP contribution in [0.1, 0.15) is 28.4 Å². The standard InChI is InChI=1S/C21H26N4O5S/c1-14-5-10-19(15(2)11-14)22-12-20(27)23-24-21(28)13-25(4)31(29,30)18-8-6-17(7-9-18)16(3)26/h5-11,22H,12-13H2,1-4H3,(H,23,27)(H,24,28). The zero-order valence-electron chi connectivity index (χ0n) is 17.9. The molecule has 0 saturated carbocycles. The maximum atomic E-state index is 12.6. The lowest BCUT2D eigenvalue weighted by Gasteiger charge is -2.17. The number of aryl methyl sites for hydroxylation is 2. The van der Waals surface area contributed by atoms with E-state index >= 15 is 0 Å². The number of rotatable bonds is 8. The molecule has 31 heavy (non-hydrogen) atoms. The van der Waals surface area contributed by atoms with Crippen LogP contribution in [-0.4, -0.2) is 50.5 Å². The van der Waals surface area contributed by atoms with Crippen LogP contribution in [0.15, 0.2) is 47.4 Å². The summed E-state index contributed by atoms with van der Waals surface area (Å²) in [6.45, 7) is 4.70. The van der Waals surface area contributed by atoms with Crippen molar-refractivity contribution < 1.29 is 22.8 Å². The van der Waals surface area contributed by atoms with Crippen molar-refractivity contribution in [2.75, 3.05) is 25.5 Å². The summed E-state index contributed by atoms with van der Waals surface area (Å²) < 4.78 is 26.0. The van der Waals surface area contributed by atoms with Crippen molar-refractivity contribution in [1.29, 1.82) is 0 Å². The van der Waals surface area contributed by atoms with Gasteiger partial charge < -0.3 is 5.32 Å². The molecule has 2 aromatic carbocycles. The largest absolute Gasteiger partial charge is 0.376 e. The quantitative estimate of drug-likeness (QED) is 0.416. The number of hydrogen-bond donors (Lipinski definition) is 3. The summed E-state index contributed by atoms with van der Waals surface area (Å²) in [7, 11) is -2.69. The van der Waals surface area contributed by atoms with Crippen molar-refractivity contribution in [2.45, 2.75) is 25.7 Å². The van der Waals surface area contributed by atoms with Gasteiger partial charge in [0.1, 0.15) is 0 Å². The lowest BCUT2D eigenvalue weighted by molar-refractivity contribution is -0.128. The molecule has 0 aliphatic carbocycles. The molecule has 0 aliphatic rings. The van der Waals surface area contributed by atoms with Crippen molar-refractivity contribution in [2.24, 2.45) is 0 Å². The predicted molar refractivity (Wildman–Crippen MR) is 117 cm³/mol. The fraction of sp³-hybridized carbons (Fsp3) is 0.286. The number of carbonyl (C=O) groups excluding carboxylic acids is 3. The highest BCUT2D eigenvalue weighted by molar-refractivity contribution is 7.89. The number of hydrogen-bond acceptors (Lipinski definition) is 6. The van der Waals surface area contributed by atoms with Gasteiger partial charge in [-0.15, -0.1) is 0 Å². The average molecular weight is 447 g/mol. The van der Waals surface area contributed by atoms with E-state index in [1.807, 2.05) is 32.0 Å². The Labute approximate surface area is 181 Å². The number of sulfonamides is 1. The molecule has 0 atom stereocenters. The van der Waals surface area contributed by atoms with Gasteiger partial charge in [0.2, 0.25) is 10.0 Å². The lowest BCUT2D eigenvalue weighted by atomic mass is 10.1. The molecule has 2 amide bonds. The number of likely N-dealkylation sites (N-methyl/N-ethyl adjacent to an activating group) is 1. The second-order valence-corrected chi connectivity index (χ2v) is 9.15. The Morgan fingerprint density at radius 1 is 0.935 bits per heavy atom. The fourth-order valence-electron chi connectivity index (χ4n) is 2.74. The number of nitrogens with one attached hydrogen (secondary N) is 3. The van der Waals surface area contributed by atoms with Crippen LogP contribution in [0.4, 0.5) is 5.69 Å². The van der Waals surface area contributed by atoms with E-state index in [1.165, 1.54) is 38.2 Å². The van der Waals surface area contributed by atoms with Gasteiger partial charge >= 0.3 is 0 Å². The van der Waals surface area contributed by atoms with E-state index in [0.29, 0.717) is 5.56 Å². The number of nitrogens with zero attached hydrogens (tertiary/aromatic N) is 1. The monoisotopic (exact) mass is 446 g/mol. The first kappa shape index (κ1) is 24.0.